The van der Waals surface area contributed by atoms with Crippen molar-refractivity contribution in [3.63, 3.8) is 0 Å². The molecule has 1 rings (SSSR count). The van der Waals surface area contributed by atoms with E-state index in [0.717, 1.165) is 12.6 Å². The van der Waals surface area contributed by atoms with Gasteiger partial charge in [-0.25, -0.2) is 0 Å². The van der Waals surface area contributed by atoms with Crippen LogP contribution in [0, 0.1) is 0 Å². The van der Waals surface area contributed by atoms with E-state index in [1.807, 2.05) is 0 Å². The van der Waals surface area contributed by atoms with Crippen molar-refractivity contribution in [1.29, 1.82) is 0 Å². The molecular formula is C12H27N3. The van der Waals surface area contributed by atoms with E-state index in [0.29, 0.717) is 0 Å². The minimum absolute atomic E-state index is 0.820. The summed E-state index contributed by atoms with van der Waals surface area (Å²) < 4.78 is 0. The van der Waals surface area contributed by atoms with Crippen LogP contribution in [0.5, 0.6) is 0 Å². The third-order valence-electron chi connectivity index (χ3n) is 3.40. The minimum Gasteiger partial charge on any atom is -0.330 e. The summed E-state index contributed by atoms with van der Waals surface area (Å²) in [5, 5.41) is 3.41. The van der Waals surface area contributed by atoms with Crippen molar-refractivity contribution >= 4 is 0 Å². The normalized spacial score (nSPS) is 18.6. The van der Waals surface area contributed by atoms with E-state index >= 15 is 0 Å². The van der Waals surface area contributed by atoms with Gasteiger partial charge in [0, 0.05) is 6.04 Å². The molecule has 0 aromatic heterocycles. The summed E-state index contributed by atoms with van der Waals surface area (Å²) in [6.45, 7) is 4.50. The Morgan fingerprint density at radius 3 is 2.47 bits per heavy atom. The topological polar surface area (TPSA) is 41.3 Å². The van der Waals surface area contributed by atoms with Gasteiger partial charge in [0.15, 0.2) is 0 Å². The average Bonchev–Trinajstić information content (AvgIpc) is 2.30. The van der Waals surface area contributed by atoms with Gasteiger partial charge in [-0.2, -0.15) is 0 Å². The van der Waals surface area contributed by atoms with E-state index in [2.05, 4.69) is 17.3 Å². The number of nitrogens with one attached hydrogen (secondary N) is 1. The van der Waals surface area contributed by atoms with Gasteiger partial charge in [0.05, 0.1) is 0 Å². The average molecular weight is 213 g/mol. The summed E-state index contributed by atoms with van der Waals surface area (Å²) >= 11 is 0. The van der Waals surface area contributed by atoms with E-state index in [1.54, 1.807) is 0 Å². The molecule has 1 aliphatic rings. The lowest BCUT2D eigenvalue weighted by Gasteiger charge is -2.31. The Morgan fingerprint density at radius 1 is 1.13 bits per heavy atom. The molecule has 1 fully saturated rings. The molecule has 3 heteroatoms. The minimum atomic E-state index is 0.820. The number of hydrogen-bond donors (Lipinski definition) is 2. The lowest BCUT2D eigenvalue weighted by atomic mass is 10.0. The SMILES string of the molecule is CN(CCCCCCN)C1CCNCC1. The van der Waals surface area contributed by atoms with E-state index in [4.69, 9.17) is 5.73 Å². The molecule has 0 unspecified atom stereocenters. The zero-order valence-electron chi connectivity index (χ0n) is 10.2. The van der Waals surface area contributed by atoms with Crippen LogP contribution in [0.4, 0.5) is 0 Å². The van der Waals surface area contributed by atoms with Gasteiger partial charge in [-0.1, -0.05) is 12.8 Å². The van der Waals surface area contributed by atoms with Crippen LogP contribution in [0.3, 0.4) is 0 Å². The fraction of sp³-hybridized carbons (Fsp3) is 1.00. The van der Waals surface area contributed by atoms with Crippen molar-refractivity contribution in [3.05, 3.63) is 0 Å². The largest absolute Gasteiger partial charge is 0.330 e. The maximum atomic E-state index is 5.47. The molecule has 0 bridgehead atoms. The monoisotopic (exact) mass is 213 g/mol. The molecule has 0 aromatic carbocycles. The van der Waals surface area contributed by atoms with Crippen molar-refractivity contribution in [1.82, 2.24) is 10.2 Å². The molecule has 3 nitrogen and oxygen atoms in total. The molecule has 0 spiro atoms. The van der Waals surface area contributed by atoms with Gasteiger partial charge < -0.3 is 16.0 Å². The van der Waals surface area contributed by atoms with Crippen molar-refractivity contribution < 1.29 is 0 Å². The van der Waals surface area contributed by atoms with Gasteiger partial charge in [0.25, 0.3) is 0 Å². The van der Waals surface area contributed by atoms with Crippen molar-refractivity contribution in [2.75, 3.05) is 33.2 Å². The third-order valence-corrected chi connectivity index (χ3v) is 3.40. The van der Waals surface area contributed by atoms with Gasteiger partial charge >= 0.3 is 0 Å². The van der Waals surface area contributed by atoms with E-state index in [-0.39, 0.29) is 0 Å². The van der Waals surface area contributed by atoms with Crippen LogP contribution in [-0.2, 0) is 0 Å². The second-order valence-corrected chi connectivity index (χ2v) is 4.66. The first-order chi connectivity index (χ1) is 7.34. The quantitative estimate of drug-likeness (QED) is 0.624. The van der Waals surface area contributed by atoms with Crippen LogP contribution in [0.2, 0.25) is 0 Å². The number of nitrogens with zero attached hydrogens (tertiary/aromatic N) is 1. The standard InChI is InChI=1S/C12H27N3/c1-15(11-5-3-2-4-8-13)12-6-9-14-10-7-12/h12,14H,2-11,13H2,1H3. The Kier molecular flexibility index (Phi) is 6.98. The first kappa shape index (κ1) is 12.9. The highest BCUT2D eigenvalue weighted by Gasteiger charge is 2.16. The maximum absolute atomic E-state index is 5.47. The molecule has 3 N–H and O–H groups in total. The Bertz CT molecular complexity index is 144. The van der Waals surface area contributed by atoms with Crippen LogP contribution in [0.25, 0.3) is 0 Å². The Labute approximate surface area is 94.4 Å². The summed E-state index contributed by atoms with van der Waals surface area (Å²) in [5.41, 5.74) is 5.47. The van der Waals surface area contributed by atoms with E-state index in [1.165, 1.54) is 58.2 Å². The second kappa shape index (κ2) is 8.08. The molecule has 0 atom stereocenters. The number of piperidine rings is 1. The Morgan fingerprint density at radius 2 is 1.80 bits per heavy atom. The fourth-order valence-electron chi connectivity index (χ4n) is 2.29. The molecule has 1 saturated heterocycles. The number of nitrogens with two attached hydrogens (primary N) is 1. The predicted molar refractivity (Wildman–Crippen MR) is 66.0 cm³/mol. The summed E-state index contributed by atoms with van der Waals surface area (Å²) in [5.74, 6) is 0. The summed E-state index contributed by atoms with van der Waals surface area (Å²) in [6, 6.07) is 0.820. The molecular weight excluding hydrogens is 186 g/mol. The molecule has 1 heterocycles. The molecule has 0 saturated carbocycles. The lowest BCUT2D eigenvalue weighted by Crippen LogP contribution is -2.41. The zero-order valence-corrected chi connectivity index (χ0v) is 10.2. The highest BCUT2D eigenvalue weighted by molar-refractivity contribution is 4.75. The number of hydrogen-bond acceptors (Lipinski definition) is 3. The molecule has 0 aromatic rings. The van der Waals surface area contributed by atoms with Crippen LogP contribution < -0.4 is 11.1 Å². The fourth-order valence-corrected chi connectivity index (χ4v) is 2.29. The van der Waals surface area contributed by atoms with Gasteiger partial charge in [-0.15, -0.1) is 0 Å². The van der Waals surface area contributed by atoms with Crippen molar-refractivity contribution in [2.45, 2.75) is 44.6 Å². The summed E-state index contributed by atoms with van der Waals surface area (Å²) in [6.07, 6.45) is 7.80. The first-order valence-electron chi connectivity index (χ1n) is 6.45. The van der Waals surface area contributed by atoms with Crippen LogP contribution in [0.15, 0.2) is 0 Å². The van der Waals surface area contributed by atoms with Crippen molar-refractivity contribution in [3.8, 4) is 0 Å². The van der Waals surface area contributed by atoms with Gasteiger partial charge in [-0.3, -0.25) is 0 Å². The zero-order chi connectivity index (χ0) is 10.9. The van der Waals surface area contributed by atoms with Gasteiger partial charge in [0.1, 0.15) is 0 Å². The second-order valence-electron chi connectivity index (χ2n) is 4.66. The number of unbranched alkanes of at least 4 members (excludes halogenated alkanes) is 3. The molecule has 1 aliphatic heterocycles. The Hall–Kier alpha value is -0.120. The van der Waals surface area contributed by atoms with E-state index < -0.39 is 0 Å². The Balaban J connectivity index is 1.99. The van der Waals surface area contributed by atoms with Crippen LogP contribution in [0.1, 0.15) is 38.5 Å². The lowest BCUT2D eigenvalue weighted by molar-refractivity contribution is 0.195. The highest BCUT2D eigenvalue weighted by atomic mass is 15.1. The molecule has 0 amide bonds. The molecule has 0 radical (unpaired) electrons. The summed E-state index contributed by atoms with van der Waals surface area (Å²) in [7, 11) is 2.28. The maximum Gasteiger partial charge on any atom is 0.0116 e. The molecule has 90 valence electrons. The van der Waals surface area contributed by atoms with Gasteiger partial charge in [0.2, 0.25) is 0 Å². The first-order valence-corrected chi connectivity index (χ1v) is 6.45. The number of rotatable bonds is 7. The summed E-state index contributed by atoms with van der Waals surface area (Å²) in [4.78, 5) is 2.54. The predicted octanol–water partition coefficient (Wildman–Crippen LogP) is 1.19. The van der Waals surface area contributed by atoms with Crippen LogP contribution >= 0.6 is 0 Å². The third kappa shape index (κ3) is 5.50. The highest BCUT2D eigenvalue weighted by Crippen LogP contribution is 2.11. The van der Waals surface area contributed by atoms with E-state index in [9.17, 15) is 0 Å². The molecule has 15 heavy (non-hydrogen) atoms. The smallest absolute Gasteiger partial charge is 0.0116 e. The van der Waals surface area contributed by atoms with Crippen LogP contribution in [-0.4, -0.2) is 44.2 Å². The molecule has 0 aliphatic carbocycles. The van der Waals surface area contributed by atoms with Gasteiger partial charge in [-0.05, 0) is 58.9 Å². The van der Waals surface area contributed by atoms with Crippen molar-refractivity contribution in [2.24, 2.45) is 5.73 Å².